The van der Waals surface area contributed by atoms with E-state index in [0.717, 1.165) is 5.56 Å². The number of pyridine rings is 2. The molecule has 5 rings (SSSR count). The maximum Gasteiger partial charge on any atom is 0.264 e. The molecule has 3 aromatic heterocycles. The summed E-state index contributed by atoms with van der Waals surface area (Å²) in [4.78, 5) is 30.3. The number of nitrogens with one attached hydrogen (secondary N) is 2. The maximum absolute atomic E-state index is 13.3. The van der Waals surface area contributed by atoms with Gasteiger partial charge in [0.15, 0.2) is 0 Å². The lowest BCUT2D eigenvalue weighted by molar-refractivity contribution is 0.102. The summed E-state index contributed by atoms with van der Waals surface area (Å²) >= 11 is 0. The molecule has 0 bridgehead atoms. The Balaban J connectivity index is 1.40. The van der Waals surface area contributed by atoms with E-state index in [0.29, 0.717) is 39.2 Å². The van der Waals surface area contributed by atoms with E-state index in [1.807, 2.05) is 36.4 Å². The van der Waals surface area contributed by atoms with Crippen LogP contribution in [-0.2, 0) is 10.0 Å². The Morgan fingerprint density at radius 1 is 0.811 bits per heavy atom. The number of hydrogen-bond donors (Lipinski definition) is 2. The molecule has 0 fully saturated rings. The third-order valence-corrected chi connectivity index (χ3v) is 6.91. The Kier molecular flexibility index (Phi) is 6.33. The average molecular weight is 511 g/mol. The van der Waals surface area contributed by atoms with Crippen molar-refractivity contribution in [1.82, 2.24) is 19.9 Å². The Morgan fingerprint density at radius 2 is 1.49 bits per heavy atom. The Bertz CT molecular complexity index is 1700. The van der Waals surface area contributed by atoms with Crippen LogP contribution in [0.4, 0.5) is 11.6 Å². The molecule has 9 nitrogen and oxygen atoms in total. The summed E-state index contributed by atoms with van der Waals surface area (Å²) in [5.74, 6) is -0.337. The molecule has 10 heteroatoms. The first-order valence-electron chi connectivity index (χ1n) is 11.4. The van der Waals surface area contributed by atoms with Crippen molar-refractivity contribution in [1.29, 1.82) is 0 Å². The number of hydrogen-bond acceptors (Lipinski definition) is 7. The van der Waals surface area contributed by atoms with E-state index in [-0.39, 0.29) is 16.8 Å². The molecule has 2 aromatic carbocycles. The molecule has 0 saturated heterocycles. The summed E-state index contributed by atoms with van der Waals surface area (Å²) < 4.78 is 28.0. The topological polar surface area (TPSA) is 127 Å². The number of aryl methyl sites for hydroxylation is 2. The van der Waals surface area contributed by atoms with Gasteiger partial charge in [0.25, 0.3) is 15.9 Å². The first-order chi connectivity index (χ1) is 17.8. The van der Waals surface area contributed by atoms with Gasteiger partial charge in [-0.3, -0.25) is 9.78 Å². The summed E-state index contributed by atoms with van der Waals surface area (Å²) in [7, 11) is -3.91. The lowest BCUT2D eigenvalue weighted by atomic mass is 10.0. The largest absolute Gasteiger partial charge is 0.322 e. The van der Waals surface area contributed by atoms with Crippen molar-refractivity contribution in [3.8, 4) is 11.3 Å². The fourth-order valence-electron chi connectivity index (χ4n) is 3.90. The Hall–Kier alpha value is -4.70. The SMILES string of the molecule is Cc1cc(C)nc(NS(=O)(=O)c2ccc(NC(=O)c3cc(-c4ccncc4)nc4ccccc34)cc2)n1. The fourth-order valence-corrected chi connectivity index (χ4v) is 4.84. The number of fused-ring (bicyclic) bond motifs is 1. The van der Waals surface area contributed by atoms with Crippen LogP contribution in [0.2, 0.25) is 0 Å². The van der Waals surface area contributed by atoms with Crippen LogP contribution in [0.1, 0.15) is 21.7 Å². The second-order valence-corrected chi connectivity index (χ2v) is 10.0. The summed E-state index contributed by atoms with van der Waals surface area (Å²) in [5, 5.41) is 3.56. The monoisotopic (exact) mass is 510 g/mol. The predicted molar refractivity (Wildman–Crippen MR) is 142 cm³/mol. The third-order valence-electron chi connectivity index (χ3n) is 5.57. The highest BCUT2D eigenvalue weighted by atomic mass is 32.2. The normalized spacial score (nSPS) is 11.3. The molecule has 2 N–H and O–H groups in total. The molecular formula is C27H22N6O3S. The number of aromatic nitrogens is 4. The standard InChI is InChI=1S/C27H22N6O3S/c1-17-15-18(2)30-27(29-17)33-37(35,36)21-9-7-20(8-10-21)31-26(34)23-16-25(19-11-13-28-14-12-19)32-24-6-4-3-5-22(23)24/h3-16H,1-2H3,(H,31,34)(H,29,30,33). The van der Waals surface area contributed by atoms with Crippen LogP contribution in [-0.4, -0.2) is 34.3 Å². The summed E-state index contributed by atoms with van der Waals surface area (Å²) in [6.07, 6.45) is 3.34. The molecule has 0 saturated carbocycles. The van der Waals surface area contributed by atoms with Crippen LogP contribution < -0.4 is 10.0 Å². The van der Waals surface area contributed by atoms with Crippen molar-refractivity contribution in [2.24, 2.45) is 0 Å². The summed E-state index contributed by atoms with van der Waals surface area (Å²) in [5.41, 5.74) is 4.36. The molecule has 0 aliphatic heterocycles. The van der Waals surface area contributed by atoms with E-state index >= 15 is 0 Å². The van der Waals surface area contributed by atoms with Gasteiger partial charge in [0.2, 0.25) is 5.95 Å². The number of para-hydroxylation sites is 1. The smallest absolute Gasteiger partial charge is 0.264 e. The van der Waals surface area contributed by atoms with Crippen LogP contribution in [0, 0.1) is 13.8 Å². The van der Waals surface area contributed by atoms with E-state index in [1.165, 1.54) is 24.3 Å². The van der Waals surface area contributed by atoms with Gasteiger partial charge in [-0.15, -0.1) is 0 Å². The van der Waals surface area contributed by atoms with E-state index in [9.17, 15) is 13.2 Å². The number of carbonyl (C=O) groups is 1. The number of nitrogens with zero attached hydrogens (tertiary/aromatic N) is 4. The summed E-state index contributed by atoms with van der Waals surface area (Å²) in [6.45, 7) is 3.52. The lowest BCUT2D eigenvalue weighted by Crippen LogP contribution is -2.16. The van der Waals surface area contributed by atoms with Gasteiger partial charge in [0.1, 0.15) is 0 Å². The molecule has 5 aromatic rings. The minimum absolute atomic E-state index is 0.00412. The van der Waals surface area contributed by atoms with Crippen molar-refractivity contribution in [2.75, 3.05) is 10.0 Å². The zero-order valence-electron chi connectivity index (χ0n) is 20.0. The molecule has 0 spiro atoms. The van der Waals surface area contributed by atoms with Crippen LogP contribution in [0.25, 0.3) is 22.2 Å². The molecular weight excluding hydrogens is 488 g/mol. The van der Waals surface area contributed by atoms with E-state index in [2.05, 4.69) is 30.0 Å². The number of rotatable bonds is 6. The minimum Gasteiger partial charge on any atom is -0.322 e. The van der Waals surface area contributed by atoms with Gasteiger partial charge in [-0.2, -0.15) is 0 Å². The van der Waals surface area contributed by atoms with Gasteiger partial charge in [0, 0.05) is 40.4 Å². The Morgan fingerprint density at radius 3 is 2.19 bits per heavy atom. The van der Waals surface area contributed by atoms with E-state index in [1.54, 1.807) is 38.4 Å². The zero-order valence-corrected chi connectivity index (χ0v) is 20.8. The molecule has 0 radical (unpaired) electrons. The van der Waals surface area contributed by atoms with Gasteiger partial charge in [0.05, 0.1) is 21.7 Å². The van der Waals surface area contributed by atoms with E-state index in [4.69, 9.17) is 0 Å². The average Bonchev–Trinajstić information content (AvgIpc) is 2.88. The van der Waals surface area contributed by atoms with Crippen molar-refractivity contribution < 1.29 is 13.2 Å². The second-order valence-electron chi connectivity index (χ2n) is 8.37. The van der Waals surface area contributed by atoms with Crippen LogP contribution in [0.5, 0.6) is 0 Å². The van der Waals surface area contributed by atoms with Gasteiger partial charge in [-0.25, -0.2) is 28.1 Å². The van der Waals surface area contributed by atoms with Crippen molar-refractivity contribution in [3.63, 3.8) is 0 Å². The van der Waals surface area contributed by atoms with Crippen molar-refractivity contribution >= 4 is 38.5 Å². The third kappa shape index (κ3) is 5.29. The highest BCUT2D eigenvalue weighted by molar-refractivity contribution is 7.92. The number of sulfonamides is 1. The number of benzene rings is 2. The molecule has 1 amide bonds. The minimum atomic E-state index is -3.91. The zero-order chi connectivity index (χ0) is 26.0. The predicted octanol–water partition coefficient (Wildman–Crippen LogP) is 4.76. The molecule has 0 atom stereocenters. The van der Waals surface area contributed by atoms with Gasteiger partial charge < -0.3 is 5.32 Å². The number of anilines is 2. The molecule has 184 valence electrons. The molecule has 37 heavy (non-hydrogen) atoms. The fraction of sp³-hybridized carbons (Fsp3) is 0.0741. The van der Waals surface area contributed by atoms with Gasteiger partial charge in [-0.05, 0) is 68.4 Å². The molecule has 0 aliphatic carbocycles. The molecule has 0 unspecified atom stereocenters. The van der Waals surface area contributed by atoms with Crippen molar-refractivity contribution in [2.45, 2.75) is 18.7 Å². The Labute approximate surface area is 213 Å². The van der Waals surface area contributed by atoms with E-state index < -0.39 is 10.0 Å². The highest BCUT2D eigenvalue weighted by Gasteiger charge is 2.18. The number of carbonyl (C=O) groups excluding carboxylic acids is 1. The molecule has 0 aliphatic rings. The van der Waals surface area contributed by atoms with Gasteiger partial charge >= 0.3 is 0 Å². The van der Waals surface area contributed by atoms with Crippen LogP contribution in [0.15, 0.2) is 90.1 Å². The first-order valence-corrected chi connectivity index (χ1v) is 12.8. The van der Waals surface area contributed by atoms with Crippen LogP contribution in [0.3, 0.4) is 0 Å². The van der Waals surface area contributed by atoms with Crippen LogP contribution >= 0.6 is 0 Å². The summed E-state index contributed by atoms with van der Waals surface area (Å²) in [6, 6.07) is 20.4. The highest BCUT2D eigenvalue weighted by Crippen LogP contribution is 2.26. The lowest BCUT2D eigenvalue weighted by Gasteiger charge is -2.12. The quantitative estimate of drug-likeness (QED) is 0.337. The van der Waals surface area contributed by atoms with Crippen molar-refractivity contribution in [3.05, 3.63) is 102 Å². The first kappa shape index (κ1) is 24.0. The van der Waals surface area contributed by atoms with Gasteiger partial charge in [-0.1, -0.05) is 18.2 Å². The number of amides is 1. The second kappa shape index (κ2) is 9.75. The maximum atomic E-state index is 13.3. The molecule has 3 heterocycles.